The molecule has 1 aromatic heterocycles. The number of aromatic nitrogens is 1. The largest absolute Gasteiger partial charge is 0.618 e. The quantitative estimate of drug-likeness (QED) is 0.545. The van der Waals surface area contributed by atoms with Gasteiger partial charge in [-0.05, 0) is 13.0 Å². The van der Waals surface area contributed by atoms with Crippen LogP contribution in [0.3, 0.4) is 0 Å². The van der Waals surface area contributed by atoms with Gasteiger partial charge in [-0.3, -0.25) is 0 Å². The molecule has 0 aliphatic carbocycles. The van der Waals surface area contributed by atoms with Crippen LogP contribution in [0.1, 0.15) is 12.6 Å². The van der Waals surface area contributed by atoms with E-state index in [4.69, 9.17) is 0 Å². The van der Waals surface area contributed by atoms with Crippen molar-refractivity contribution >= 4 is 11.7 Å². The lowest BCUT2D eigenvalue weighted by Gasteiger charge is -2.16. The Morgan fingerprint density at radius 2 is 2.47 bits per heavy atom. The normalized spacial score (nSPS) is 15.5. The van der Waals surface area contributed by atoms with Gasteiger partial charge in [0.05, 0.1) is 6.42 Å². The molecule has 0 fully saturated rings. The number of hydrogen-bond donors (Lipinski definition) is 1. The molecule has 1 N–H and O–H groups in total. The first kappa shape index (κ1) is 9.76. The van der Waals surface area contributed by atoms with E-state index < -0.39 is 0 Å². The second-order valence-electron chi connectivity index (χ2n) is 3.45. The van der Waals surface area contributed by atoms with Crippen LogP contribution in [0.5, 0.6) is 0 Å². The van der Waals surface area contributed by atoms with Gasteiger partial charge >= 0.3 is 6.03 Å². The van der Waals surface area contributed by atoms with Gasteiger partial charge in [0.2, 0.25) is 5.69 Å². The van der Waals surface area contributed by atoms with Crippen LogP contribution in [0.2, 0.25) is 0 Å². The molecule has 0 atom stereocenters. The summed E-state index contributed by atoms with van der Waals surface area (Å²) in [4.78, 5) is 13.3. The van der Waals surface area contributed by atoms with E-state index in [9.17, 15) is 10.0 Å². The summed E-state index contributed by atoms with van der Waals surface area (Å²) in [6.07, 6.45) is 2.04. The van der Waals surface area contributed by atoms with Gasteiger partial charge in [-0.15, -0.1) is 0 Å². The molecule has 2 amide bonds. The monoisotopic (exact) mass is 207 g/mol. The number of rotatable bonds is 1. The van der Waals surface area contributed by atoms with Gasteiger partial charge in [-0.1, -0.05) is 0 Å². The number of hydrogen-bond acceptors (Lipinski definition) is 2. The van der Waals surface area contributed by atoms with Crippen LogP contribution in [0.25, 0.3) is 0 Å². The van der Waals surface area contributed by atoms with Gasteiger partial charge in [0, 0.05) is 19.2 Å². The zero-order chi connectivity index (χ0) is 10.8. The lowest BCUT2D eigenvalue weighted by molar-refractivity contribution is -0.613. The minimum atomic E-state index is -0.137. The van der Waals surface area contributed by atoms with Crippen molar-refractivity contribution in [1.82, 2.24) is 4.90 Å². The van der Waals surface area contributed by atoms with Crippen molar-refractivity contribution < 1.29 is 9.52 Å². The zero-order valence-electron chi connectivity index (χ0n) is 8.56. The second kappa shape index (κ2) is 3.76. The highest BCUT2D eigenvalue weighted by molar-refractivity contribution is 5.90. The Labute approximate surface area is 87.9 Å². The van der Waals surface area contributed by atoms with Gasteiger partial charge in [0.15, 0.2) is 6.20 Å². The molecule has 0 saturated carbocycles. The maximum absolute atomic E-state index is 11.6. The Bertz CT molecular complexity index is 392. The van der Waals surface area contributed by atoms with E-state index >= 15 is 0 Å². The third-order valence-electron chi connectivity index (χ3n) is 2.59. The van der Waals surface area contributed by atoms with Crippen LogP contribution in [-0.2, 0) is 6.42 Å². The molecule has 0 saturated heterocycles. The lowest BCUT2D eigenvalue weighted by atomic mass is 10.2. The Morgan fingerprint density at radius 3 is 3.20 bits per heavy atom. The number of nitrogens with zero attached hydrogens (tertiary/aromatic N) is 2. The van der Waals surface area contributed by atoms with Gasteiger partial charge in [0.25, 0.3) is 0 Å². The summed E-state index contributed by atoms with van der Waals surface area (Å²) in [5.74, 6) is 0. The number of urea groups is 1. The highest BCUT2D eigenvalue weighted by atomic mass is 16.5. The van der Waals surface area contributed by atoms with Crippen molar-refractivity contribution in [3.05, 3.63) is 29.2 Å². The fraction of sp³-hybridized carbons (Fsp3) is 0.400. The maximum Gasteiger partial charge on any atom is 0.322 e. The van der Waals surface area contributed by atoms with Gasteiger partial charge in [-0.2, -0.15) is 4.73 Å². The molecule has 0 spiro atoms. The molecule has 0 radical (unpaired) electrons. The fourth-order valence-electron chi connectivity index (χ4n) is 1.72. The molecule has 80 valence electrons. The predicted octanol–water partition coefficient (Wildman–Crippen LogP) is 0.730. The number of nitrogens with one attached hydrogen (secondary N) is 1. The lowest BCUT2D eigenvalue weighted by Crippen LogP contribution is -2.34. The van der Waals surface area contributed by atoms with E-state index in [-0.39, 0.29) is 6.03 Å². The molecule has 2 heterocycles. The molecule has 1 aliphatic rings. The Kier molecular flexibility index (Phi) is 2.45. The van der Waals surface area contributed by atoms with Crippen molar-refractivity contribution in [2.45, 2.75) is 13.3 Å². The number of carbonyl (C=O) groups is 1. The Morgan fingerprint density at radius 1 is 1.67 bits per heavy atom. The first-order valence-electron chi connectivity index (χ1n) is 4.99. The van der Waals surface area contributed by atoms with Crippen molar-refractivity contribution in [3.8, 4) is 0 Å². The molecule has 2 rings (SSSR count). The van der Waals surface area contributed by atoms with Crippen LogP contribution in [-0.4, -0.2) is 24.0 Å². The number of pyridine rings is 1. The number of anilines is 1. The third kappa shape index (κ3) is 1.72. The fourth-order valence-corrected chi connectivity index (χ4v) is 1.72. The molecular weight excluding hydrogens is 194 g/mol. The van der Waals surface area contributed by atoms with E-state index in [1.54, 1.807) is 17.0 Å². The zero-order valence-corrected chi connectivity index (χ0v) is 8.56. The highest BCUT2D eigenvalue weighted by Crippen LogP contribution is 2.16. The average Bonchev–Trinajstić information content (AvgIpc) is 2.37. The average molecular weight is 207 g/mol. The molecule has 5 nitrogen and oxygen atoms in total. The molecule has 1 aromatic rings. The molecule has 5 heteroatoms. The molecule has 15 heavy (non-hydrogen) atoms. The first-order chi connectivity index (χ1) is 7.22. The van der Waals surface area contributed by atoms with Gasteiger partial charge in [0.1, 0.15) is 5.69 Å². The van der Waals surface area contributed by atoms with Crippen LogP contribution >= 0.6 is 0 Å². The predicted molar refractivity (Wildman–Crippen MR) is 55.4 cm³/mol. The van der Waals surface area contributed by atoms with Crippen molar-refractivity contribution in [1.29, 1.82) is 0 Å². The number of carbonyl (C=O) groups excluding carboxylic acids is 1. The van der Waals surface area contributed by atoms with E-state index in [1.807, 2.05) is 6.92 Å². The molecule has 0 unspecified atom stereocenters. The maximum atomic E-state index is 11.6. The highest BCUT2D eigenvalue weighted by Gasteiger charge is 2.23. The topological polar surface area (TPSA) is 59.3 Å². The summed E-state index contributed by atoms with van der Waals surface area (Å²) in [6.45, 7) is 3.15. The molecule has 1 aliphatic heterocycles. The third-order valence-corrected chi connectivity index (χ3v) is 2.59. The minimum absolute atomic E-state index is 0.137. The summed E-state index contributed by atoms with van der Waals surface area (Å²) in [7, 11) is 0. The second-order valence-corrected chi connectivity index (χ2v) is 3.45. The summed E-state index contributed by atoms with van der Waals surface area (Å²) >= 11 is 0. The summed E-state index contributed by atoms with van der Waals surface area (Å²) in [5, 5.41) is 14.2. The number of fused-ring (bicyclic) bond motifs is 1. The van der Waals surface area contributed by atoms with Crippen molar-refractivity contribution in [3.63, 3.8) is 0 Å². The number of amides is 2. The minimum Gasteiger partial charge on any atom is -0.618 e. The Balaban J connectivity index is 2.35. The van der Waals surface area contributed by atoms with Gasteiger partial charge < -0.3 is 15.4 Å². The molecule has 0 bridgehead atoms. The SMILES string of the molecule is CCN1CCc2c(ccc[n+]2[O-])NC1=O. The van der Waals surface area contributed by atoms with Crippen molar-refractivity contribution in [2.24, 2.45) is 0 Å². The van der Waals surface area contributed by atoms with Crippen LogP contribution in [0, 0.1) is 5.21 Å². The molecular formula is C10H13N3O2. The smallest absolute Gasteiger partial charge is 0.322 e. The summed E-state index contributed by atoms with van der Waals surface area (Å²) in [5.41, 5.74) is 1.25. The summed E-state index contributed by atoms with van der Waals surface area (Å²) in [6, 6.07) is 3.25. The standard InChI is InChI=1S/C10H13N3O2/c1-2-12-7-5-9-8(11-10(12)14)4-3-6-13(9)15/h3-4,6H,2,5,7H2,1H3,(H,11,14). The van der Waals surface area contributed by atoms with Gasteiger partial charge in [-0.25, -0.2) is 4.79 Å². The molecule has 0 aromatic carbocycles. The van der Waals surface area contributed by atoms with Crippen molar-refractivity contribution in [2.75, 3.05) is 18.4 Å². The van der Waals surface area contributed by atoms with E-state index in [2.05, 4.69) is 5.32 Å². The van der Waals surface area contributed by atoms with E-state index in [0.29, 0.717) is 30.9 Å². The van der Waals surface area contributed by atoms with E-state index in [0.717, 1.165) is 4.73 Å². The number of likely N-dealkylation sites (N-methyl/N-ethyl adjacent to an activating group) is 1. The van der Waals surface area contributed by atoms with Crippen LogP contribution < -0.4 is 10.0 Å². The van der Waals surface area contributed by atoms with Crippen LogP contribution in [0.4, 0.5) is 10.5 Å². The Hall–Kier alpha value is -1.78. The van der Waals surface area contributed by atoms with E-state index in [1.165, 1.54) is 6.20 Å². The first-order valence-corrected chi connectivity index (χ1v) is 4.99. The summed E-state index contributed by atoms with van der Waals surface area (Å²) < 4.78 is 0.814. The van der Waals surface area contributed by atoms with Crippen LogP contribution in [0.15, 0.2) is 18.3 Å².